The lowest BCUT2D eigenvalue weighted by atomic mass is 10.2. The fraction of sp³-hybridized carbons (Fsp3) is 0.217. The smallest absolute Gasteiger partial charge is 0.254 e. The SMILES string of the molecule is Cc1nc(NCCNC(=O)c2ccccc2F)c2c(C)nn(-c3ccccc3C)c2n1. The van der Waals surface area contributed by atoms with Crippen LogP contribution in [0.3, 0.4) is 0 Å². The van der Waals surface area contributed by atoms with E-state index in [1.54, 1.807) is 12.1 Å². The zero-order valence-electron chi connectivity index (χ0n) is 17.6. The first-order valence-corrected chi connectivity index (χ1v) is 10.0. The van der Waals surface area contributed by atoms with Crippen molar-refractivity contribution in [3.8, 4) is 5.69 Å². The molecule has 0 saturated carbocycles. The largest absolute Gasteiger partial charge is 0.368 e. The second kappa shape index (κ2) is 8.51. The summed E-state index contributed by atoms with van der Waals surface area (Å²) in [5, 5.41) is 11.5. The van der Waals surface area contributed by atoms with Crippen LogP contribution in [-0.4, -0.2) is 38.7 Å². The summed E-state index contributed by atoms with van der Waals surface area (Å²) in [4.78, 5) is 21.3. The molecule has 0 aliphatic carbocycles. The van der Waals surface area contributed by atoms with Crippen molar-refractivity contribution in [3.05, 3.63) is 77.0 Å². The third-order valence-corrected chi connectivity index (χ3v) is 4.98. The summed E-state index contributed by atoms with van der Waals surface area (Å²) in [6.45, 7) is 6.50. The molecule has 31 heavy (non-hydrogen) atoms. The number of amides is 1. The molecule has 4 rings (SSSR count). The standard InChI is InChI=1S/C23H23FN6O/c1-14-8-4-7-11-19(14)30-22-20(15(2)29-30)21(27-16(3)28-22)25-12-13-26-23(31)17-9-5-6-10-18(17)24/h4-11H,12-13H2,1-3H3,(H,26,31)(H,25,27,28). The van der Waals surface area contributed by atoms with E-state index in [1.165, 1.54) is 12.1 Å². The molecular formula is C23H23FN6O. The molecule has 8 heteroatoms. The van der Waals surface area contributed by atoms with Gasteiger partial charge in [0.15, 0.2) is 5.65 Å². The molecule has 2 aromatic carbocycles. The van der Waals surface area contributed by atoms with Gasteiger partial charge in [-0.25, -0.2) is 19.0 Å². The highest BCUT2D eigenvalue weighted by Gasteiger charge is 2.17. The van der Waals surface area contributed by atoms with E-state index in [4.69, 9.17) is 5.10 Å². The van der Waals surface area contributed by atoms with Crippen molar-refractivity contribution >= 4 is 22.8 Å². The molecule has 7 nitrogen and oxygen atoms in total. The second-order valence-electron chi connectivity index (χ2n) is 7.26. The number of fused-ring (bicyclic) bond motifs is 1. The quantitative estimate of drug-likeness (QED) is 0.466. The highest BCUT2D eigenvalue weighted by atomic mass is 19.1. The number of halogens is 1. The van der Waals surface area contributed by atoms with Crippen LogP contribution in [0.25, 0.3) is 16.7 Å². The van der Waals surface area contributed by atoms with Crippen LogP contribution in [0.5, 0.6) is 0 Å². The van der Waals surface area contributed by atoms with Crippen LogP contribution in [0.2, 0.25) is 0 Å². The molecule has 0 bridgehead atoms. The molecule has 0 saturated heterocycles. The average molecular weight is 418 g/mol. The molecule has 0 aliphatic rings. The monoisotopic (exact) mass is 418 g/mol. The Labute approximate surface area is 179 Å². The first-order valence-electron chi connectivity index (χ1n) is 10.0. The molecule has 0 fully saturated rings. The van der Waals surface area contributed by atoms with Gasteiger partial charge in [-0.15, -0.1) is 0 Å². The molecule has 0 spiro atoms. The first kappa shape index (κ1) is 20.5. The van der Waals surface area contributed by atoms with Gasteiger partial charge in [0.05, 0.1) is 22.3 Å². The number of aryl methyl sites for hydroxylation is 3. The van der Waals surface area contributed by atoms with Crippen molar-refractivity contribution in [3.63, 3.8) is 0 Å². The molecule has 2 heterocycles. The fourth-order valence-electron chi connectivity index (χ4n) is 3.49. The normalized spacial score (nSPS) is 11.0. The maximum absolute atomic E-state index is 13.7. The molecule has 0 unspecified atom stereocenters. The Morgan fingerprint density at radius 1 is 1.00 bits per heavy atom. The van der Waals surface area contributed by atoms with E-state index in [-0.39, 0.29) is 5.56 Å². The minimum absolute atomic E-state index is 0.0260. The van der Waals surface area contributed by atoms with Gasteiger partial charge in [-0.05, 0) is 44.5 Å². The summed E-state index contributed by atoms with van der Waals surface area (Å²) in [5.74, 6) is 0.271. The predicted octanol–water partition coefficient (Wildman–Crippen LogP) is 3.72. The van der Waals surface area contributed by atoms with Crippen LogP contribution in [0.1, 0.15) is 27.4 Å². The Morgan fingerprint density at radius 2 is 1.74 bits per heavy atom. The minimum atomic E-state index is -0.541. The van der Waals surface area contributed by atoms with Crippen molar-refractivity contribution in [2.24, 2.45) is 0 Å². The molecule has 0 radical (unpaired) electrons. The number of hydrogen-bond donors (Lipinski definition) is 2. The molecule has 4 aromatic rings. The van der Waals surface area contributed by atoms with Crippen LogP contribution in [0, 0.1) is 26.6 Å². The maximum Gasteiger partial charge on any atom is 0.254 e. The number of nitrogens with zero attached hydrogens (tertiary/aromatic N) is 4. The van der Waals surface area contributed by atoms with E-state index < -0.39 is 11.7 Å². The summed E-state index contributed by atoms with van der Waals surface area (Å²) < 4.78 is 15.6. The van der Waals surface area contributed by atoms with Gasteiger partial charge in [-0.2, -0.15) is 5.10 Å². The van der Waals surface area contributed by atoms with Gasteiger partial charge in [-0.1, -0.05) is 30.3 Å². The highest BCUT2D eigenvalue weighted by molar-refractivity contribution is 5.94. The van der Waals surface area contributed by atoms with Crippen LogP contribution < -0.4 is 10.6 Å². The van der Waals surface area contributed by atoms with Crippen LogP contribution in [-0.2, 0) is 0 Å². The number of anilines is 1. The summed E-state index contributed by atoms with van der Waals surface area (Å²) in [7, 11) is 0. The van der Waals surface area contributed by atoms with E-state index in [2.05, 4.69) is 20.6 Å². The van der Waals surface area contributed by atoms with E-state index in [1.807, 2.05) is 49.7 Å². The lowest BCUT2D eigenvalue weighted by Crippen LogP contribution is -2.29. The number of hydrogen-bond acceptors (Lipinski definition) is 5. The number of carbonyl (C=O) groups is 1. The molecule has 158 valence electrons. The third kappa shape index (κ3) is 4.09. The molecule has 0 atom stereocenters. The van der Waals surface area contributed by atoms with Gasteiger partial charge in [0.2, 0.25) is 0 Å². The lowest BCUT2D eigenvalue weighted by molar-refractivity contribution is 0.0951. The first-order chi connectivity index (χ1) is 15.0. The Bertz CT molecular complexity index is 1270. The summed E-state index contributed by atoms with van der Waals surface area (Å²) in [6.07, 6.45) is 0. The zero-order valence-corrected chi connectivity index (χ0v) is 17.6. The number of aromatic nitrogens is 4. The Balaban J connectivity index is 1.54. The van der Waals surface area contributed by atoms with Gasteiger partial charge in [-0.3, -0.25) is 4.79 Å². The van der Waals surface area contributed by atoms with E-state index in [0.717, 1.165) is 28.0 Å². The van der Waals surface area contributed by atoms with Gasteiger partial charge in [0, 0.05) is 13.1 Å². The predicted molar refractivity (Wildman–Crippen MR) is 118 cm³/mol. The van der Waals surface area contributed by atoms with Crippen molar-refractivity contribution in [2.75, 3.05) is 18.4 Å². The molecule has 0 aliphatic heterocycles. The van der Waals surface area contributed by atoms with Crippen molar-refractivity contribution in [2.45, 2.75) is 20.8 Å². The average Bonchev–Trinajstić information content (AvgIpc) is 3.07. The molecular weight excluding hydrogens is 395 g/mol. The molecule has 2 N–H and O–H groups in total. The van der Waals surface area contributed by atoms with Gasteiger partial charge in [0.1, 0.15) is 17.5 Å². The van der Waals surface area contributed by atoms with Crippen molar-refractivity contribution in [1.29, 1.82) is 0 Å². The Kier molecular flexibility index (Phi) is 5.62. The van der Waals surface area contributed by atoms with Gasteiger partial charge < -0.3 is 10.6 Å². The minimum Gasteiger partial charge on any atom is -0.368 e. The number of nitrogens with one attached hydrogen (secondary N) is 2. The van der Waals surface area contributed by atoms with Crippen molar-refractivity contribution < 1.29 is 9.18 Å². The number of benzene rings is 2. The molecule has 1 amide bonds. The van der Waals surface area contributed by atoms with E-state index in [9.17, 15) is 9.18 Å². The van der Waals surface area contributed by atoms with Gasteiger partial charge in [0.25, 0.3) is 5.91 Å². The molecule has 2 aromatic heterocycles. The van der Waals surface area contributed by atoms with E-state index >= 15 is 0 Å². The Hall–Kier alpha value is -3.81. The summed E-state index contributed by atoms with van der Waals surface area (Å²) in [6, 6.07) is 13.9. The number of rotatable bonds is 6. The lowest BCUT2D eigenvalue weighted by Gasteiger charge is -2.10. The van der Waals surface area contributed by atoms with Crippen LogP contribution in [0.15, 0.2) is 48.5 Å². The van der Waals surface area contributed by atoms with E-state index in [0.29, 0.717) is 24.7 Å². The topological polar surface area (TPSA) is 84.7 Å². The zero-order chi connectivity index (χ0) is 22.0. The van der Waals surface area contributed by atoms with Crippen LogP contribution in [0.4, 0.5) is 10.2 Å². The maximum atomic E-state index is 13.7. The number of carbonyl (C=O) groups excluding carboxylic acids is 1. The summed E-state index contributed by atoms with van der Waals surface area (Å²) in [5.41, 5.74) is 3.60. The summed E-state index contributed by atoms with van der Waals surface area (Å²) >= 11 is 0. The van der Waals surface area contributed by atoms with Crippen LogP contribution >= 0.6 is 0 Å². The second-order valence-corrected chi connectivity index (χ2v) is 7.26. The van der Waals surface area contributed by atoms with Crippen molar-refractivity contribution in [1.82, 2.24) is 25.1 Å². The third-order valence-electron chi connectivity index (χ3n) is 4.98. The fourth-order valence-corrected chi connectivity index (χ4v) is 3.49. The number of para-hydroxylation sites is 1. The van der Waals surface area contributed by atoms with Gasteiger partial charge >= 0.3 is 0 Å². The Morgan fingerprint density at radius 3 is 2.52 bits per heavy atom. The highest BCUT2D eigenvalue weighted by Crippen LogP contribution is 2.27.